The molecule has 0 bridgehead atoms. The third kappa shape index (κ3) is 9.52. The molecule has 13 heteroatoms. The van der Waals surface area contributed by atoms with Crippen LogP contribution in [-0.4, -0.2) is 43.3 Å². The molecule has 0 heterocycles. The number of hydrogen-bond acceptors (Lipinski definition) is 4. The van der Waals surface area contributed by atoms with Gasteiger partial charge in [-0.25, -0.2) is 8.42 Å². The van der Waals surface area contributed by atoms with E-state index in [0.717, 1.165) is 12.1 Å². The Morgan fingerprint density at radius 1 is 0.833 bits per heavy atom. The van der Waals surface area contributed by atoms with E-state index in [1.807, 2.05) is 0 Å². The van der Waals surface area contributed by atoms with E-state index in [-0.39, 0.29) is 28.6 Å². The first-order chi connectivity index (χ1) is 22.5. The van der Waals surface area contributed by atoms with Crippen LogP contribution in [-0.2, 0) is 38.8 Å². The van der Waals surface area contributed by atoms with Crippen LogP contribution in [0.4, 0.5) is 18.9 Å². The predicted molar refractivity (Wildman–Crippen MR) is 181 cm³/mol. The fourth-order valence-corrected chi connectivity index (χ4v) is 6.82. The second-order valence-corrected chi connectivity index (χ2v) is 14.8. The molecule has 0 saturated carbocycles. The molecule has 0 aliphatic carbocycles. The average Bonchev–Trinajstić information content (AvgIpc) is 3.02. The fraction of sp³-hybridized carbons (Fsp3) is 0.257. The van der Waals surface area contributed by atoms with Crippen LogP contribution in [0.15, 0.2) is 108 Å². The molecule has 0 spiro atoms. The lowest BCUT2D eigenvalue weighted by Crippen LogP contribution is -2.56. The van der Waals surface area contributed by atoms with Crippen molar-refractivity contribution >= 4 is 50.7 Å². The van der Waals surface area contributed by atoms with E-state index in [2.05, 4.69) is 5.32 Å². The number of alkyl halides is 3. The first kappa shape index (κ1) is 36.8. The minimum absolute atomic E-state index is 0.0364. The van der Waals surface area contributed by atoms with Gasteiger partial charge in [-0.15, -0.1) is 0 Å². The van der Waals surface area contributed by atoms with Gasteiger partial charge in [0.25, 0.3) is 10.0 Å². The first-order valence-corrected chi connectivity index (χ1v) is 17.0. The number of anilines is 1. The summed E-state index contributed by atoms with van der Waals surface area (Å²) in [7, 11) is -4.59. The minimum Gasteiger partial charge on any atom is -0.350 e. The number of benzene rings is 4. The van der Waals surface area contributed by atoms with Crippen molar-refractivity contribution in [2.45, 2.75) is 56.4 Å². The zero-order valence-corrected chi connectivity index (χ0v) is 28.7. The van der Waals surface area contributed by atoms with E-state index in [1.165, 1.54) is 41.3 Å². The molecule has 0 aliphatic heterocycles. The molecule has 0 fully saturated rings. The van der Waals surface area contributed by atoms with Gasteiger partial charge in [0.1, 0.15) is 12.6 Å². The summed E-state index contributed by atoms with van der Waals surface area (Å²) in [5.41, 5.74) is -1.08. The Balaban J connectivity index is 1.87. The number of nitrogens with zero attached hydrogens (tertiary/aromatic N) is 2. The minimum atomic E-state index is -4.79. The quantitative estimate of drug-likeness (QED) is 0.172. The Hall–Kier alpha value is -4.06. The maximum absolute atomic E-state index is 14.5. The van der Waals surface area contributed by atoms with Crippen molar-refractivity contribution in [1.29, 1.82) is 0 Å². The third-order valence-corrected chi connectivity index (χ3v) is 9.57. The largest absolute Gasteiger partial charge is 0.416 e. The third-order valence-electron chi connectivity index (χ3n) is 7.20. The topological polar surface area (TPSA) is 86.8 Å². The number of carbonyl (C=O) groups excluding carboxylic acids is 2. The van der Waals surface area contributed by atoms with Crippen molar-refractivity contribution in [3.8, 4) is 0 Å². The Morgan fingerprint density at radius 3 is 2.04 bits per heavy atom. The lowest BCUT2D eigenvalue weighted by atomic mass is 10.0. The van der Waals surface area contributed by atoms with Crippen LogP contribution < -0.4 is 9.62 Å². The van der Waals surface area contributed by atoms with Gasteiger partial charge < -0.3 is 10.2 Å². The molecule has 4 aromatic carbocycles. The maximum Gasteiger partial charge on any atom is 0.416 e. The number of amides is 2. The highest BCUT2D eigenvalue weighted by atomic mass is 35.5. The average molecular weight is 721 g/mol. The summed E-state index contributed by atoms with van der Waals surface area (Å²) >= 11 is 12.6. The van der Waals surface area contributed by atoms with E-state index < -0.39 is 51.7 Å². The van der Waals surface area contributed by atoms with E-state index in [9.17, 15) is 31.2 Å². The number of carbonyl (C=O) groups is 2. The summed E-state index contributed by atoms with van der Waals surface area (Å²) in [4.78, 5) is 29.4. The van der Waals surface area contributed by atoms with Gasteiger partial charge in [-0.2, -0.15) is 13.2 Å². The first-order valence-electron chi connectivity index (χ1n) is 14.8. The second-order valence-electron chi connectivity index (χ2n) is 12.1. The Bertz CT molecular complexity index is 1850. The molecule has 4 aromatic rings. The van der Waals surface area contributed by atoms with Gasteiger partial charge in [-0.3, -0.25) is 13.9 Å². The van der Waals surface area contributed by atoms with Gasteiger partial charge in [0.2, 0.25) is 11.8 Å². The van der Waals surface area contributed by atoms with Crippen molar-refractivity contribution in [3.63, 3.8) is 0 Å². The summed E-state index contributed by atoms with van der Waals surface area (Å²) in [6.45, 7) is 4.14. The molecule has 0 radical (unpaired) electrons. The normalized spacial score (nSPS) is 12.7. The second kappa shape index (κ2) is 15.0. The molecule has 1 atom stereocenters. The monoisotopic (exact) mass is 719 g/mol. The molecule has 1 N–H and O–H groups in total. The van der Waals surface area contributed by atoms with Crippen molar-refractivity contribution in [1.82, 2.24) is 10.2 Å². The summed E-state index contributed by atoms with van der Waals surface area (Å²) in [6.07, 6.45) is -4.75. The smallest absolute Gasteiger partial charge is 0.350 e. The van der Waals surface area contributed by atoms with Crippen LogP contribution in [0.25, 0.3) is 0 Å². The summed E-state index contributed by atoms with van der Waals surface area (Å²) in [6, 6.07) is 23.1. The number of halogens is 5. The lowest BCUT2D eigenvalue weighted by molar-refractivity contribution is -0.140. The molecule has 0 aromatic heterocycles. The molecule has 48 heavy (non-hydrogen) atoms. The fourth-order valence-electron chi connectivity index (χ4n) is 4.93. The molecule has 0 unspecified atom stereocenters. The predicted octanol–water partition coefficient (Wildman–Crippen LogP) is 7.76. The van der Waals surface area contributed by atoms with Crippen LogP contribution >= 0.6 is 23.2 Å². The van der Waals surface area contributed by atoms with Crippen molar-refractivity contribution < 1.29 is 31.2 Å². The van der Waals surface area contributed by atoms with Crippen molar-refractivity contribution in [2.24, 2.45) is 0 Å². The molecule has 0 saturated heterocycles. The standard InChI is InChI=1S/C35H34Cl2F3N3O4S/c1-34(2,3)41-33(45)31(19-24-11-6-4-7-12-24)42(22-25-17-18-27(36)21-30(25)37)32(44)23-43(48(46,47)29-15-8-5-9-16-29)28-14-10-13-26(20-28)35(38,39)40/h4-18,20-21,31H,19,22-23H2,1-3H3,(H,41,45)/t31-/m0/s1. The zero-order valence-electron chi connectivity index (χ0n) is 26.3. The van der Waals surface area contributed by atoms with Crippen LogP contribution in [0, 0.1) is 0 Å². The van der Waals surface area contributed by atoms with Gasteiger partial charge in [0, 0.05) is 28.5 Å². The number of nitrogens with one attached hydrogen (secondary N) is 1. The molecule has 0 aliphatic rings. The van der Waals surface area contributed by atoms with Gasteiger partial charge in [-0.05, 0) is 74.4 Å². The molecule has 2 amide bonds. The number of rotatable bonds is 11. The van der Waals surface area contributed by atoms with Gasteiger partial charge in [-0.1, -0.05) is 83.9 Å². The van der Waals surface area contributed by atoms with Crippen LogP contribution in [0.2, 0.25) is 10.0 Å². The van der Waals surface area contributed by atoms with Crippen LogP contribution in [0.1, 0.15) is 37.5 Å². The van der Waals surface area contributed by atoms with Crippen molar-refractivity contribution in [2.75, 3.05) is 10.8 Å². The van der Waals surface area contributed by atoms with Gasteiger partial charge >= 0.3 is 6.18 Å². The maximum atomic E-state index is 14.5. The molecular weight excluding hydrogens is 686 g/mol. The molecule has 4 rings (SSSR count). The Kier molecular flexibility index (Phi) is 11.5. The Morgan fingerprint density at radius 2 is 1.46 bits per heavy atom. The summed E-state index contributed by atoms with van der Waals surface area (Å²) < 4.78 is 70.0. The highest BCUT2D eigenvalue weighted by molar-refractivity contribution is 7.92. The number of hydrogen-bond donors (Lipinski definition) is 1. The molecular formula is C35H34Cl2F3N3O4S. The highest BCUT2D eigenvalue weighted by Crippen LogP contribution is 2.34. The van der Waals surface area contributed by atoms with E-state index in [0.29, 0.717) is 26.5 Å². The Labute approximate surface area is 288 Å². The van der Waals surface area contributed by atoms with E-state index in [4.69, 9.17) is 23.2 Å². The highest BCUT2D eigenvalue weighted by Gasteiger charge is 2.37. The van der Waals surface area contributed by atoms with E-state index in [1.54, 1.807) is 69.3 Å². The number of sulfonamides is 1. The molecule has 254 valence electrons. The van der Waals surface area contributed by atoms with Crippen molar-refractivity contribution in [3.05, 3.63) is 130 Å². The van der Waals surface area contributed by atoms with Crippen LogP contribution in [0.5, 0.6) is 0 Å². The van der Waals surface area contributed by atoms with Gasteiger partial charge in [0.15, 0.2) is 0 Å². The van der Waals surface area contributed by atoms with Gasteiger partial charge in [0.05, 0.1) is 16.1 Å². The summed E-state index contributed by atoms with van der Waals surface area (Å²) in [5, 5.41) is 3.43. The SMILES string of the molecule is CC(C)(C)NC(=O)[C@H](Cc1ccccc1)N(Cc1ccc(Cl)cc1Cl)C(=O)CN(c1cccc(C(F)(F)F)c1)S(=O)(=O)c1ccccc1. The summed E-state index contributed by atoms with van der Waals surface area (Å²) in [5.74, 6) is -1.38. The molecule has 7 nitrogen and oxygen atoms in total. The van der Waals surface area contributed by atoms with Crippen LogP contribution in [0.3, 0.4) is 0 Å². The lowest BCUT2D eigenvalue weighted by Gasteiger charge is -2.35. The zero-order chi connectivity index (χ0) is 35.3. The van der Waals surface area contributed by atoms with E-state index >= 15 is 0 Å².